The molecule has 0 bridgehead atoms. The highest BCUT2D eigenvalue weighted by Crippen LogP contribution is 2.18. The highest BCUT2D eigenvalue weighted by Gasteiger charge is 2.21. The summed E-state index contributed by atoms with van der Waals surface area (Å²) in [5.74, 6) is 0.132. The third-order valence-corrected chi connectivity index (χ3v) is 4.18. The number of nitrogens with one attached hydrogen (secondary N) is 1. The van der Waals surface area contributed by atoms with Crippen LogP contribution in [0.15, 0.2) is 28.7 Å². The Kier molecular flexibility index (Phi) is 5.94. The standard InChI is InChI=1S/C16H20BrFN2O/c1-19-10-12-3-2-8-20(11-12)16(21)7-4-13-9-14(17)5-6-15(13)18/h4-7,9,12,19H,2-3,8,10-11H2,1H3/b7-4+. The van der Waals surface area contributed by atoms with E-state index in [1.165, 1.54) is 12.1 Å². The number of carbonyl (C=O) groups is 1. The van der Waals surface area contributed by atoms with Gasteiger partial charge in [0.1, 0.15) is 5.82 Å². The number of likely N-dealkylation sites (tertiary alicyclic amines) is 1. The smallest absolute Gasteiger partial charge is 0.246 e. The average molecular weight is 355 g/mol. The third-order valence-electron chi connectivity index (χ3n) is 3.69. The van der Waals surface area contributed by atoms with Gasteiger partial charge >= 0.3 is 0 Å². The summed E-state index contributed by atoms with van der Waals surface area (Å²) in [6, 6.07) is 4.69. The number of hydrogen-bond donors (Lipinski definition) is 1. The summed E-state index contributed by atoms with van der Waals surface area (Å²) < 4.78 is 14.4. The van der Waals surface area contributed by atoms with Gasteiger partial charge in [0.25, 0.3) is 0 Å². The molecule has 0 aromatic heterocycles. The largest absolute Gasteiger partial charge is 0.339 e. The Labute approximate surface area is 133 Å². The number of halogens is 2. The molecule has 1 N–H and O–H groups in total. The van der Waals surface area contributed by atoms with Crippen molar-refractivity contribution in [2.75, 3.05) is 26.7 Å². The number of hydrogen-bond acceptors (Lipinski definition) is 2. The predicted octanol–water partition coefficient (Wildman–Crippen LogP) is 3.06. The van der Waals surface area contributed by atoms with Crippen LogP contribution in [0.3, 0.4) is 0 Å². The summed E-state index contributed by atoms with van der Waals surface area (Å²) >= 11 is 3.30. The SMILES string of the molecule is CNCC1CCCN(C(=O)/C=C/c2cc(Br)ccc2F)C1. The lowest BCUT2D eigenvalue weighted by Crippen LogP contribution is -2.41. The van der Waals surface area contributed by atoms with Crippen LogP contribution in [-0.4, -0.2) is 37.5 Å². The summed E-state index contributed by atoms with van der Waals surface area (Å²) in [5.41, 5.74) is 0.418. The molecular weight excluding hydrogens is 335 g/mol. The lowest BCUT2D eigenvalue weighted by molar-refractivity contribution is -0.127. The van der Waals surface area contributed by atoms with Crippen molar-refractivity contribution >= 4 is 27.9 Å². The van der Waals surface area contributed by atoms with Gasteiger partial charge in [0, 0.05) is 29.2 Å². The molecule has 1 aromatic carbocycles. The molecule has 1 atom stereocenters. The minimum Gasteiger partial charge on any atom is -0.339 e. The molecule has 0 aliphatic carbocycles. The van der Waals surface area contributed by atoms with Crippen molar-refractivity contribution in [1.82, 2.24) is 10.2 Å². The highest BCUT2D eigenvalue weighted by molar-refractivity contribution is 9.10. The van der Waals surface area contributed by atoms with Gasteiger partial charge in [-0.2, -0.15) is 0 Å². The van der Waals surface area contributed by atoms with E-state index in [2.05, 4.69) is 21.2 Å². The first-order valence-electron chi connectivity index (χ1n) is 7.17. The molecule has 1 unspecified atom stereocenters. The van der Waals surface area contributed by atoms with Gasteiger partial charge in [0.05, 0.1) is 0 Å². The maximum absolute atomic E-state index is 13.6. The van der Waals surface area contributed by atoms with Crippen molar-refractivity contribution in [3.05, 3.63) is 40.1 Å². The first kappa shape index (κ1) is 16.2. The van der Waals surface area contributed by atoms with Crippen molar-refractivity contribution in [3.63, 3.8) is 0 Å². The molecule has 5 heteroatoms. The predicted molar refractivity (Wildman–Crippen MR) is 86.4 cm³/mol. The van der Waals surface area contributed by atoms with E-state index in [9.17, 15) is 9.18 Å². The Morgan fingerprint density at radius 3 is 3.14 bits per heavy atom. The second-order valence-corrected chi connectivity index (χ2v) is 6.27. The molecule has 1 aromatic rings. The molecule has 21 heavy (non-hydrogen) atoms. The number of nitrogens with zero attached hydrogens (tertiary/aromatic N) is 1. The summed E-state index contributed by atoms with van der Waals surface area (Å²) in [4.78, 5) is 14.0. The van der Waals surface area contributed by atoms with Crippen LogP contribution in [0.25, 0.3) is 6.08 Å². The average Bonchev–Trinajstić information content (AvgIpc) is 2.48. The number of amides is 1. The molecule has 1 saturated heterocycles. The molecule has 0 saturated carbocycles. The summed E-state index contributed by atoms with van der Waals surface area (Å²) in [6.07, 6.45) is 5.18. The van der Waals surface area contributed by atoms with Crippen LogP contribution >= 0.6 is 15.9 Å². The van der Waals surface area contributed by atoms with E-state index in [4.69, 9.17) is 0 Å². The first-order chi connectivity index (χ1) is 10.1. The molecule has 114 valence electrons. The molecule has 1 aliphatic rings. The molecule has 1 heterocycles. The van der Waals surface area contributed by atoms with Crippen LogP contribution in [0.5, 0.6) is 0 Å². The normalized spacial score (nSPS) is 19.2. The van der Waals surface area contributed by atoms with Gasteiger partial charge in [-0.3, -0.25) is 4.79 Å². The highest BCUT2D eigenvalue weighted by atomic mass is 79.9. The fourth-order valence-electron chi connectivity index (χ4n) is 2.63. The van der Waals surface area contributed by atoms with E-state index in [-0.39, 0.29) is 11.7 Å². The second-order valence-electron chi connectivity index (χ2n) is 5.35. The zero-order valence-corrected chi connectivity index (χ0v) is 13.7. The van der Waals surface area contributed by atoms with E-state index in [0.717, 1.165) is 36.9 Å². The van der Waals surface area contributed by atoms with Crippen LogP contribution in [-0.2, 0) is 4.79 Å². The van der Waals surface area contributed by atoms with Gasteiger partial charge in [-0.25, -0.2) is 4.39 Å². The van der Waals surface area contributed by atoms with Crippen molar-refractivity contribution in [1.29, 1.82) is 0 Å². The molecular formula is C16H20BrFN2O. The maximum atomic E-state index is 13.6. The number of benzene rings is 1. The number of carbonyl (C=O) groups excluding carboxylic acids is 1. The minimum atomic E-state index is -0.325. The molecule has 0 spiro atoms. The zero-order chi connectivity index (χ0) is 15.2. The van der Waals surface area contributed by atoms with Crippen molar-refractivity contribution in [2.45, 2.75) is 12.8 Å². The van der Waals surface area contributed by atoms with E-state index in [1.54, 1.807) is 18.2 Å². The molecule has 1 aliphatic heterocycles. The van der Waals surface area contributed by atoms with Crippen molar-refractivity contribution in [2.24, 2.45) is 5.92 Å². The molecule has 3 nitrogen and oxygen atoms in total. The summed E-state index contributed by atoms with van der Waals surface area (Å²) in [5, 5.41) is 3.16. The molecule has 2 rings (SSSR count). The van der Waals surface area contributed by atoms with Crippen molar-refractivity contribution in [3.8, 4) is 0 Å². The van der Waals surface area contributed by atoms with Crippen LogP contribution in [0.4, 0.5) is 4.39 Å². The summed E-state index contributed by atoms with van der Waals surface area (Å²) in [6.45, 7) is 2.48. The minimum absolute atomic E-state index is 0.0461. The van der Waals surface area contributed by atoms with Crippen molar-refractivity contribution < 1.29 is 9.18 Å². The van der Waals surface area contributed by atoms with Gasteiger partial charge in [-0.05, 0) is 56.6 Å². The van der Waals surface area contributed by atoms with E-state index < -0.39 is 0 Å². The second kappa shape index (κ2) is 7.71. The number of rotatable bonds is 4. The summed E-state index contributed by atoms with van der Waals surface area (Å²) in [7, 11) is 1.93. The number of piperidine rings is 1. The van der Waals surface area contributed by atoms with Crippen LogP contribution < -0.4 is 5.32 Å². The monoisotopic (exact) mass is 354 g/mol. The Hall–Kier alpha value is -1.20. The topological polar surface area (TPSA) is 32.3 Å². The van der Waals surface area contributed by atoms with E-state index in [0.29, 0.717) is 11.5 Å². The molecule has 1 fully saturated rings. The Balaban J connectivity index is 2.00. The molecule has 1 amide bonds. The van der Waals surface area contributed by atoms with Crippen LogP contribution in [0.2, 0.25) is 0 Å². The van der Waals surface area contributed by atoms with E-state index in [1.807, 2.05) is 11.9 Å². The van der Waals surface area contributed by atoms with Crippen LogP contribution in [0, 0.1) is 11.7 Å². The Morgan fingerprint density at radius 1 is 1.57 bits per heavy atom. The first-order valence-corrected chi connectivity index (χ1v) is 7.96. The van der Waals surface area contributed by atoms with Gasteiger partial charge in [0.15, 0.2) is 0 Å². The fourth-order valence-corrected chi connectivity index (χ4v) is 3.01. The quantitative estimate of drug-likeness (QED) is 0.842. The maximum Gasteiger partial charge on any atom is 0.246 e. The van der Waals surface area contributed by atoms with Gasteiger partial charge < -0.3 is 10.2 Å². The molecule has 0 radical (unpaired) electrons. The van der Waals surface area contributed by atoms with Gasteiger partial charge in [-0.1, -0.05) is 15.9 Å². The lowest BCUT2D eigenvalue weighted by atomic mass is 9.98. The Bertz CT molecular complexity index is 531. The lowest BCUT2D eigenvalue weighted by Gasteiger charge is -2.32. The fraction of sp³-hybridized carbons (Fsp3) is 0.438. The zero-order valence-electron chi connectivity index (χ0n) is 12.1. The van der Waals surface area contributed by atoms with Gasteiger partial charge in [0.2, 0.25) is 5.91 Å². The van der Waals surface area contributed by atoms with Gasteiger partial charge in [-0.15, -0.1) is 0 Å². The Morgan fingerprint density at radius 2 is 2.38 bits per heavy atom. The van der Waals surface area contributed by atoms with E-state index >= 15 is 0 Å². The van der Waals surface area contributed by atoms with Crippen LogP contribution in [0.1, 0.15) is 18.4 Å². The third kappa shape index (κ3) is 4.64.